The monoisotopic (exact) mass is 312 g/mol. The summed E-state index contributed by atoms with van der Waals surface area (Å²) in [4.78, 5) is 11.8. The van der Waals surface area contributed by atoms with Crippen molar-refractivity contribution in [2.24, 2.45) is 0 Å². The fourth-order valence-electron chi connectivity index (χ4n) is 1.73. The normalized spacial score (nSPS) is 9.77. The van der Waals surface area contributed by atoms with Crippen LogP contribution in [0, 0.1) is 11.3 Å². The van der Waals surface area contributed by atoms with Crippen molar-refractivity contribution in [2.45, 2.75) is 0 Å². The number of hydrogen-bond donors (Lipinski definition) is 1. The predicted octanol–water partition coefficient (Wildman–Crippen LogP) is 3.31. The lowest BCUT2D eigenvalue weighted by Gasteiger charge is -2.07. The molecule has 1 amide bonds. The van der Waals surface area contributed by atoms with E-state index in [-0.39, 0.29) is 5.91 Å². The highest BCUT2D eigenvalue weighted by molar-refractivity contribution is 7.99. The molecular formula is C17H16N2O2S. The lowest BCUT2D eigenvalue weighted by Crippen LogP contribution is -2.15. The van der Waals surface area contributed by atoms with E-state index >= 15 is 0 Å². The lowest BCUT2D eigenvalue weighted by atomic mass is 10.2. The molecule has 0 saturated carbocycles. The average Bonchev–Trinajstić information content (AvgIpc) is 2.56. The number of amides is 1. The Kier molecular flexibility index (Phi) is 6.34. The van der Waals surface area contributed by atoms with Crippen LogP contribution in [-0.2, 0) is 4.79 Å². The molecule has 0 atom stereocenters. The predicted molar refractivity (Wildman–Crippen MR) is 89.0 cm³/mol. The van der Waals surface area contributed by atoms with E-state index in [0.29, 0.717) is 23.6 Å². The summed E-state index contributed by atoms with van der Waals surface area (Å²) in [6, 6.07) is 18.4. The molecule has 2 rings (SSSR count). The summed E-state index contributed by atoms with van der Waals surface area (Å²) in [6.45, 7) is 0.568. The Morgan fingerprint density at radius 3 is 2.55 bits per heavy atom. The van der Waals surface area contributed by atoms with Gasteiger partial charge in [-0.2, -0.15) is 5.26 Å². The van der Waals surface area contributed by atoms with E-state index in [1.54, 1.807) is 24.3 Å². The first-order valence-corrected chi connectivity index (χ1v) is 7.99. The number of nitrogens with zero attached hydrogens (tertiary/aromatic N) is 1. The molecular weight excluding hydrogens is 296 g/mol. The van der Waals surface area contributed by atoms with E-state index < -0.39 is 0 Å². The van der Waals surface area contributed by atoms with Crippen molar-refractivity contribution in [3.05, 3.63) is 60.2 Å². The van der Waals surface area contributed by atoms with Gasteiger partial charge in [0.05, 0.1) is 24.0 Å². The van der Waals surface area contributed by atoms with Crippen LogP contribution in [0.3, 0.4) is 0 Å². The van der Waals surface area contributed by atoms with Crippen molar-refractivity contribution in [1.29, 1.82) is 5.26 Å². The molecule has 0 aliphatic rings. The van der Waals surface area contributed by atoms with Crippen LogP contribution in [0.2, 0.25) is 0 Å². The lowest BCUT2D eigenvalue weighted by molar-refractivity contribution is -0.113. The van der Waals surface area contributed by atoms with Gasteiger partial charge < -0.3 is 10.1 Å². The SMILES string of the molecule is N#Cc1ccc(NC(=O)CSCCOc2ccccc2)cc1. The van der Waals surface area contributed by atoms with Crippen molar-refractivity contribution in [3.63, 3.8) is 0 Å². The maximum atomic E-state index is 11.8. The molecule has 0 fully saturated rings. The van der Waals surface area contributed by atoms with Crippen molar-refractivity contribution in [3.8, 4) is 11.8 Å². The number of carbonyl (C=O) groups is 1. The van der Waals surface area contributed by atoms with Gasteiger partial charge in [0, 0.05) is 11.4 Å². The summed E-state index contributed by atoms with van der Waals surface area (Å²) in [7, 11) is 0. The molecule has 1 N–H and O–H groups in total. The number of para-hydroxylation sites is 1. The van der Waals surface area contributed by atoms with Crippen molar-refractivity contribution in [1.82, 2.24) is 0 Å². The van der Waals surface area contributed by atoms with Crippen LogP contribution in [-0.4, -0.2) is 24.0 Å². The summed E-state index contributed by atoms with van der Waals surface area (Å²) >= 11 is 1.52. The molecule has 0 aromatic heterocycles. The van der Waals surface area contributed by atoms with Crippen LogP contribution in [0.25, 0.3) is 0 Å². The third-order valence-corrected chi connectivity index (χ3v) is 3.69. The fourth-order valence-corrected chi connectivity index (χ4v) is 2.33. The number of thioether (sulfide) groups is 1. The van der Waals surface area contributed by atoms with Gasteiger partial charge in [-0.05, 0) is 36.4 Å². The number of nitrogens with one attached hydrogen (secondary N) is 1. The Morgan fingerprint density at radius 2 is 1.86 bits per heavy atom. The van der Waals surface area contributed by atoms with Crippen LogP contribution in [0.1, 0.15) is 5.56 Å². The first kappa shape index (κ1) is 15.9. The topological polar surface area (TPSA) is 62.1 Å². The molecule has 22 heavy (non-hydrogen) atoms. The Morgan fingerprint density at radius 1 is 1.14 bits per heavy atom. The molecule has 0 spiro atoms. The summed E-state index contributed by atoms with van der Waals surface area (Å²) in [5.74, 6) is 1.90. The summed E-state index contributed by atoms with van der Waals surface area (Å²) in [5, 5.41) is 11.5. The molecule has 0 radical (unpaired) electrons. The number of benzene rings is 2. The molecule has 4 nitrogen and oxygen atoms in total. The van der Waals surface area contributed by atoms with E-state index in [9.17, 15) is 4.79 Å². The van der Waals surface area contributed by atoms with Crippen molar-refractivity contribution >= 4 is 23.4 Å². The first-order valence-electron chi connectivity index (χ1n) is 6.83. The number of ether oxygens (including phenoxy) is 1. The molecule has 0 aliphatic heterocycles. The van der Waals surface area contributed by atoms with Gasteiger partial charge in [-0.25, -0.2) is 0 Å². The molecule has 0 saturated heterocycles. The summed E-state index contributed by atoms with van der Waals surface area (Å²) < 4.78 is 5.55. The minimum atomic E-state index is -0.0607. The molecule has 0 bridgehead atoms. The van der Waals surface area contributed by atoms with Crippen LogP contribution >= 0.6 is 11.8 Å². The maximum Gasteiger partial charge on any atom is 0.234 e. The Hall–Kier alpha value is -2.45. The van der Waals surface area contributed by atoms with E-state index in [1.165, 1.54) is 11.8 Å². The fraction of sp³-hybridized carbons (Fsp3) is 0.176. The molecule has 0 unspecified atom stereocenters. The van der Waals surface area contributed by atoms with Gasteiger partial charge in [-0.15, -0.1) is 11.8 Å². The van der Waals surface area contributed by atoms with Gasteiger partial charge in [0.2, 0.25) is 5.91 Å². The number of rotatable bonds is 7. The van der Waals surface area contributed by atoms with Gasteiger partial charge in [0.25, 0.3) is 0 Å². The van der Waals surface area contributed by atoms with Crippen LogP contribution in [0.15, 0.2) is 54.6 Å². The van der Waals surface area contributed by atoms with E-state index in [1.807, 2.05) is 36.4 Å². The van der Waals surface area contributed by atoms with E-state index in [2.05, 4.69) is 5.32 Å². The van der Waals surface area contributed by atoms with E-state index in [4.69, 9.17) is 10.00 Å². The molecule has 0 heterocycles. The van der Waals surface area contributed by atoms with Crippen LogP contribution in [0.5, 0.6) is 5.75 Å². The van der Waals surface area contributed by atoms with Crippen LogP contribution < -0.4 is 10.1 Å². The van der Waals surface area contributed by atoms with Gasteiger partial charge in [-0.3, -0.25) is 4.79 Å². The summed E-state index contributed by atoms with van der Waals surface area (Å²) in [6.07, 6.45) is 0. The summed E-state index contributed by atoms with van der Waals surface area (Å²) in [5.41, 5.74) is 1.27. The van der Waals surface area contributed by atoms with Crippen LogP contribution in [0.4, 0.5) is 5.69 Å². The molecule has 5 heteroatoms. The van der Waals surface area contributed by atoms with Crippen molar-refractivity contribution in [2.75, 3.05) is 23.4 Å². The number of hydrogen-bond acceptors (Lipinski definition) is 4. The van der Waals surface area contributed by atoms with Gasteiger partial charge >= 0.3 is 0 Å². The zero-order chi connectivity index (χ0) is 15.6. The number of carbonyl (C=O) groups excluding carboxylic acids is 1. The van der Waals surface area contributed by atoms with Gasteiger partial charge in [-0.1, -0.05) is 18.2 Å². The molecule has 112 valence electrons. The zero-order valence-electron chi connectivity index (χ0n) is 12.0. The van der Waals surface area contributed by atoms with Gasteiger partial charge in [0.15, 0.2) is 0 Å². The highest BCUT2D eigenvalue weighted by Gasteiger charge is 2.03. The smallest absolute Gasteiger partial charge is 0.234 e. The minimum absolute atomic E-state index is 0.0607. The second-order valence-corrected chi connectivity index (χ2v) is 5.56. The Balaban J connectivity index is 1.62. The molecule has 0 aliphatic carbocycles. The zero-order valence-corrected chi connectivity index (χ0v) is 12.8. The second-order valence-electron chi connectivity index (χ2n) is 4.45. The quantitative estimate of drug-likeness (QED) is 0.797. The second kappa shape index (κ2) is 8.75. The molecule has 2 aromatic rings. The number of nitriles is 1. The minimum Gasteiger partial charge on any atom is -0.493 e. The standard InChI is InChI=1S/C17H16N2O2S/c18-12-14-6-8-15(9-7-14)19-17(20)13-22-11-10-21-16-4-2-1-3-5-16/h1-9H,10-11,13H2,(H,19,20). The first-order chi connectivity index (χ1) is 10.8. The number of anilines is 1. The van der Waals surface area contributed by atoms with E-state index in [0.717, 1.165) is 11.5 Å². The average molecular weight is 312 g/mol. The third kappa shape index (κ3) is 5.51. The largest absolute Gasteiger partial charge is 0.493 e. The Labute approximate surface area is 134 Å². The van der Waals surface area contributed by atoms with Gasteiger partial charge in [0.1, 0.15) is 5.75 Å². The highest BCUT2D eigenvalue weighted by atomic mass is 32.2. The van der Waals surface area contributed by atoms with Crippen molar-refractivity contribution < 1.29 is 9.53 Å². The third-order valence-electron chi connectivity index (χ3n) is 2.77. The molecule has 2 aromatic carbocycles. The Bertz CT molecular complexity index is 636. The maximum absolute atomic E-state index is 11.8. The highest BCUT2D eigenvalue weighted by Crippen LogP contribution is 2.11.